The molecule has 2 heterocycles. The van der Waals surface area contributed by atoms with Gasteiger partial charge >= 0.3 is 11.9 Å². The van der Waals surface area contributed by atoms with E-state index in [9.17, 15) is 45.3 Å². The van der Waals surface area contributed by atoms with E-state index in [4.69, 9.17) is 28.4 Å². The molecular weight excluding hydrogens is 865 g/mol. The summed E-state index contributed by atoms with van der Waals surface area (Å²) in [5, 5.41) is 72.1. The molecule has 15 heteroatoms. The van der Waals surface area contributed by atoms with Gasteiger partial charge in [0.05, 0.1) is 19.8 Å². The molecule has 67 heavy (non-hydrogen) atoms. The smallest absolute Gasteiger partial charge is 0.306 e. The SMILES string of the molecule is CCCCCCCCCCC/C=C/CCCCC(=O)O[C@@H](COC(=O)CCCCCCCCCCCCCCCCCC)CO[C@@H]1O[C@H](CO[C@@H]2O[C@H](CO)[C@H](O)C(O)C2O)[C@H](O)C(O)C1O. The second-order valence-corrected chi connectivity index (χ2v) is 19.1. The third-order valence-electron chi connectivity index (χ3n) is 13.0. The Balaban J connectivity index is 1.80. The number of hydrogen-bond acceptors (Lipinski definition) is 15. The number of aliphatic hydroxyl groups excluding tert-OH is 7. The minimum absolute atomic E-state index is 0.139. The highest BCUT2D eigenvalue weighted by Gasteiger charge is 2.47. The second-order valence-electron chi connectivity index (χ2n) is 19.1. The van der Waals surface area contributed by atoms with Crippen LogP contribution in [-0.4, -0.2) is 142 Å². The van der Waals surface area contributed by atoms with Crippen molar-refractivity contribution in [3.05, 3.63) is 12.2 Å². The molecule has 0 saturated carbocycles. The molecule has 0 aromatic carbocycles. The predicted molar refractivity (Wildman–Crippen MR) is 257 cm³/mol. The van der Waals surface area contributed by atoms with E-state index in [1.807, 2.05) is 0 Å². The maximum atomic E-state index is 13.0. The summed E-state index contributed by atoms with van der Waals surface area (Å²) in [4.78, 5) is 25.8. The van der Waals surface area contributed by atoms with Gasteiger partial charge in [0, 0.05) is 12.8 Å². The zero-order valence-corrected chi connectivity index (χ0v) is 41.7. The van der Waals surface area contributed by atoms with Gasteiger partial charge in [-0.15, -0.1) is 0 Å². The summed E-state index contributed by atoms with van der Waals surface area (Å²) >= 11 is 0. The van der Waals surface area contributed by atoms with Crippen LogP contribution in [-0.2, 0) is 38.0 Å². The summed E-state index contributed by atoms with van der Waals surface area (Å²) in [5.41, 5.74) is 0. The van der Waals surface area contributed by atoms with Gasteiger partial charge in [0.25, 0.3) is 0 Å². The lowest BCUT2D eigenvalue weighted by atomic mass is 9.98. The fourth-order valence-electron chi connectivity index (χ4n) is 8.57. The van der Waals surface area contributed by atoms with Crippen molar-refractivity contribution in [2.45, 2.75) is 280 Å². The highest BCUT2D eigenvalue weighted by Crippen LogP contribution is 2.27. The fourth-order valence-corrected chi connectivity index (χ4v) is 8.57. The Kier molecular flexibility index (Phi) is 36.5. The monoisotopic (exact) mass is 961 g/mol. The highest BCUT2D eigenvalue weighted by molar-refractivity contribution is 5.70. The van der Waals surface area contributed by atoms with Crippen molar-refractivity contribution in [2.24, 2.45) is 0 Å². The Morgan fingerprint density at radius 1 is 0.463 bits per heavy atom. The normalized spacial score (nSPS) is 26.0. The first kappa shape index (κ1) is 61.4. The number of rotatable bonds is 42. The molecule has 0 spiro atoms. The summed E-state index contributed by atoms with van der Waals surface area (Å²) in [6, 6.07) is 0. The van der Waals surface area contributed by atoms with Crippen LogP contribution in [0.1, 0.15) is 213 Å². The average molecular weight is 961 g/mol. The molecule has 2 saturated heterocycles. The highest BCUT2D eigenvalue weighted by atomic mass is 16.7. The molecule has 4 unspecified atom stereocenters. The molecule has 0 bridgehead atoms. The standard InChI is InChI=1S/C52H96O15/c1-3-5-7-9-11-13-15-17-19-21-22-24-26-28-30-32-34-43(54)62-37-40(65-44(55)35-33-31-29-27-25-23-20-18-16-14-12-10-8-6-4-2)38-63-51-50(61)48(59)46(57)42(67-51)39-64-52-49(60)47(58)45(56)41(36-53)66-52/h25,27,40-42,45-53,56-61H,3-24,26,28-39H2,1-2H3/b27-25+/t40-,41+,42+,45-,46-,47?,48?,49?,50?,51+,52+/m0/s1. The van der Waals surface area contributed by atoms with E-state index in [-0.39, 0.29) is 26.1 Å². The van der Waals surface area contributed by atoms with Crippen LogP contribution in [0.5, 0.6) is 0 Å². The van der Waals surface area contributed by atoms with Crippen molar-refractivity contribution < 1.29 is 73.8 Å². The van der Waals surface area contributed by atoms with Crippen LogP contribution in [0.2, 0.25) is 0 Å². The van der Waals surface area contributed by atoms with E-state index in [1.54, 1.807) is 0 Å². The number of ether oxygens (including phenoxy) is 6. The average Bonchev–Trinajstić information content (AvgIpc) is 3.32. The third kappa shape index (κ3) is 28.0. The molecular formula is C52H96O15. The third-order valence-corrected chi connectivity index (χ3v) is 13.0. The molecule has 2 aliphatic rings. The largest absolute Gasteiger partial charge is 0.462 e. The lowest BCUT2D eigenvalue weighted by molar-refractivity contribution is -0.332. The van der Waals surface area contributed by atoms with Crippen molar-refractivity contribution in [1.82, 2.24) is 0 Å². The van der Waals surface area contributed by atoms with Gasteiger partial charge in [-0.05, 0) is 38.5 Å². The maximum absolute atomic E-state index is 13.0. The Morgan fingerprint density at radius 3 is 1.34 bits per heavy atom. The Hall–Kier alpha value is -1.76. The minimum Gasteiger partial charge on any atom is -0.462 e. The van der Waals surface area contributed by atoms with Crippen molar-refractivity contribution in [2.75, 3.05) is 26.4 Å². The van der Waals surface area contributed by atoms with Gasteiger partial charge in [0.1, 0.15) is 55.4 Å². The predicted octanol–water partition coefficient (Wildman–Crippen LogP) is 7.77. The van der Waals surface area contributed by atoms with Crippen LogP contribution in [0.15, 0.2) is 12.2 Å². The minimum atomic E-state index is -1.76. The second kappa shape index (κ2) is 39.9. The van der Waals surface area contributed by atoms with Crippen molar-refractivity contribution in [3.63, 3.8) is 0 Å². The Morgan fingerprint density at radius 2 is 0.851 bits per heavy atom. The van der Waals surface area contributed by atoms with Crippen LogP contribution in [0.4, 0.5) is 0 Å². The molecule has 7 N–H and O–H groups in total. The molecule has 2 fully saturated rings. The number of hydrogen-bond donors (Lipinski definition) is 7. The number of carbonyl (C=O) groups is 2. The first-order valence-corrected chi connectivity index (χ1v) is 26.8. The van der Waals surface area contributed by atoms with E-state index in [1.165, 1.54) is 135 Å². The number of allylic oxidation sites excluding steroid dienone is 2. The summed E-state index contributed by atoms with van der Waals surface area (Å²) in [5.74, 6) is -0.939. The fraction of sp³-hybridized carbons (Fsp3) is 0.923. The molecule has 0 aromatic heterocycles. The number of aliphatic hydroxyl groups is 7. The van der Waals surface area contributed by atoms with Crippen LogP contribution < -0.4 is 0 Å². The van der Waals surface area contributed by atoms with Crippen LogP contribution in [0.3, 0.4) is 0 Å². The maximum Gasteiger partial charge on any atom is 0.306 e. The van der Waals surface area contributed by atoms with E-state index in [0.29, 0.717) is 12.8 Å². The molecule has 394 valence electrons. The van der Waals surface area contributed by atoms with E-state index in [2.05, 4.69) is 26.0 Å². The summed E-state index contributed by atoms with van der Waals surface area (Å²) in [7, 11) is 0. The van der Waals surface area contributed by atoms with Gasteiger partial charge in [-0.2, -0.15) is 0 Å². The number of carbonyl (C=O) groups excluding carboxylic acids is 2. The van der Waals surface area contributed by atoms with Gasteiger partial charge in [-0.1, -0.05) is 174 Å². The number of esters is 2. The molecule has 0 aliphatic carbocycles. The zero-order chi connectivity index (χ0) is 48.9. The molecule has 2 aliphatic heterocycles. The molecule has 2 rings (SSSR count). The van der Waals surface area contributed by atoms with E-state index >= 15 is 0 Å². The quantitative estimate of drug-likeness (QED) is 0.0176. The van der Waals surface area contributed by atoms with Gasteiger partial charge in [-0.3, -0.25) is 9.59 Å². The van der Waals surface area contributed by atoms with Gasteiger partial charge in [-0.25, -0.2) is 0 Å². The molecule has 15 nitrogen and oxygen atoms in total. The van der Waals surface area contributed by atoms with Crippen LogP contribution in [0.25, 0.3) is 0 Å². The lowest BCUT2D eigenvalue weighted by Gasteiger charge is -2.42. The Bertz CT molecular complexity index is 1220. The molecule has 0 radical (unpaired) electrons. The molecule has 0 amide bonds. The first-order chi connectivity index (χ1) is 32.5. The lowest BCUT2D eigenvalue weighted by Crippen LogP contribution is -2.61. The van der Waals surface area contributed by atoms with Crippen LogP contribution >= 0.6 is 0 Å². The topological polar surface area (TPSA) is 231 Å². The molecule has 11 atom stereocenters. The van der Waals surface area contributed by atoms with Crippen LogP contribution in [0, 0.1) is 0 Å². The number of unbranched alkanes of at least 4 members (excludes halogenated alkanes) is 26. The van der Waals surface area contributed by atoms with Crippen molar-refractivity contribution >= 4 is 11.9 Å². The van der Waals surface area contributed by atoms with Gasteiger partial charge in [0.15, 0.2) is 18.7 Å². The van der Waals surface area contributed by atoms with Crippen molar-refractivity contribution in [3.8, 4) is 0 Å². The summed E-state index contributed by atoms with van der Waals surface area (Å²) < 4.78 is 33.6. The zero-order valence-electron chi connectivity index (χ0n) is 41.7. The van der Waals surface area contributed by atoms with E-state index in [0.717, 1.165) is 38.5 Å². The Labute approximate surface area is 403 Å². The van der Waals surface area contributed by atoms with Gasteiger partial charge in [0.2, 0.25) is 0 Å². The molecule has 0 aromatic rings. The first-order valence-electron chi connectivity index (χ1n) is 26.8. The van der Waals surface area contributed by atoms with Crippen molar-refractivity contribution in [1.29, 1.82) is 0 Å². The van der Waals surface area contributed by atoms with E-state index < -0.39 is 92.7 Å². The summed E-state index contributed by atoms with van der Waals surface area (Å²) in [6.45, 7) is 2.60. The van der Waals surface area contributed by atoms with Gasteiger partial charge < -0.3 is 64.2 Å². The summed E-state index contributed by atoms with van der Waals surface area (Å²) in [6.07, 6.45) is 22.4.